The fraction of sp³-hybridized carbons (Fsp3) is 0.241. The zero-order valence-electron chi connectivity index (χ0n) is 21.6. The van der Waals surface area contributed by atoms with Crippen LogP contribution in [0.15, 0.2) is 56.1 Å². The molecule has 0 bridgehead atoms. The van der Waals surface area contributed by atoms with Crippen molar-refractivity contribution >= 4 is 44.4 Å². The van der Waals surface area contributed by atoms with Crippen LogP contribution in [-0.2, 0) is 6.42 Å². The number of fused-ring (bicyclic) bond motifs is 2. The Hall–Kier alpha value is -3.69. The molecule has 8 nitrogen and oxygen atoms in total. The topological polar surface area (TPSA) is 98.4 Å². The lowest BCUT2D eigenvalue weighted by Gasteiger charge is -2.26. The van der Waals surface area contributed by atoms with Gasteiger partial charge in [0.25, 0.3) is 5.91 Å². The Morgan fingerprint density at radius 2 is 1.72 bits per heavy atom. The minimum atomic E-state index is -0.792. The second kappa shape index (κ2) is 10.5. The number of amides is 1. The van der Waals surface area contributed by atoms with Gasteiger partial charge in [-0.05, 0) is 82.4 Å². The first-order chi connectivity index (χ1) is 18.7. The Balaban J connectivity index is 1.65. The van der Waals surface area contributed by atoms with E-state index in [-0.39, 0.29) is 40.2 Å². The molecule has 1 atom stereocenters. The molecule has 1 aliphatic rings. The van der Waals surface area contributed by atoms with Crippen LogP contribution in [0, 0.1) is 6.92 Å². The molecule has 1 unspecified atom stereocenters. The van der Waals surface area contributed by atoms with Gasteiger partial charge in [-0.15, -0.1) is 0 Å². The number of aromatic hydroxyl groups is 1. The molecule has 1 aromatic heterocycles. The zero-order valence-corrected chi connectivity index (χ0v) is 24.0. The van der Waals surface area contributed by atoms with Gasteiger partial charge < -0.3 is 28.6 Å². The first kappa shape index (κ1) is 26.9. The predicted molar refractivity (Wildman–Crippen MR) is 151 cm³/mol. The number of phenolic OH excluding ortho intramolecular Hbond substituents is 1. The smallest absolute Gasteiger partial charge is 0.290 e. The third kappa shape index (κ3) is 4.59. The Labute approximate surface area is 237 Å². The van der Waals surface area contributed by atoms with Gasteiger partial charge in [-0.3, -0.25) is 9.59 Å². The number of phenols is 1. The second-order valence-corrected chi connectivity index (χ2v) is 10.4. The van der Waals surface area contributed by atoms with Gasteiger partial charge in [0.2, 0.25) is 5.76 Å². The lowest BCUT2D eigenvalue weighted by atomic mass is 9.97. The molecule has 1 amide bonds. The molecule has 0 aliphatic carbocycles. The normalized spacial score (nSPS) is 14.6. The summed E-state index contributed by atoms with van der Waals surface area (Å²) in [7, 11) is 4.55. The molecule has 5 rings (SSSR count). The molecule has 39 heavy (non-hydrogen) atoms. The number of carbonyl (C=O) groups excluding carboxylic acids is 1. The fourth-order valence-electron chi connectivity index (χ4n) is 4.91. The van der Waals surface area contributed by atoms with Crippen LogP contribution in [0.3, 0.4) is 0 Å². The number of ether oxygens (including phenoxy) is 3. The maximum Gasteiger partial charge on any atom is 0.290 e. The van der Waals surface area contributed by atoms with Crippen LogP contribution < -0.4 is 19.6 Å². The predicted octanol–water partition coefficient (Wildman–Crippen LogP) is 6.04. The summed E-state index contributed by atoms with van der Waals surface area (Å²) in [6.07, 6.45) is 0.464. The molecule has 1 aliphatic heterocycles. The largest absolute Gasteiger partial charge is 0.503 e. The van der Waals surface area contributed by atoms with Crippen molar-refractivity contribution in [2.24, 2.45) is 0 Å². The van der Waals surface area contributed by atoms with Gasteiger partial charge in [0, 0.05) is 11.6 Å². The minimum Gasteiger partial charge on any atom is -0.503 e. The highest BCUT2D eigenvalue weighted by Crippen LogP contribution is 2.44. The van der Waals surface area contributed by atoms with Crippen molar-refractivity contribution in [1.29, 1.82) is 0 Å². The molecule has 3 aromatic carbocycles. The SMILES string of the molecule is COc1ccc(CCN2C(=O)c3oc4cc(C)c(Cl)cc4c(=O)c3C2c2cc(Br)c(O)c(OC)c2)cc1OC. The van der Waals surface area contributed by atoms with E-state index in [1.54, 1.807) is 56.4 Å². The standard InChI is InChI=1S/C29H25BrClNO7/c1-14-9-21-17(13-19(14)31)26(33)24-25(16-11-18(30)27(34)23(12-16)38-4)32(29(35)28(24)39-21)8-7-15-5-6-20(36-2)22(10-15)37-3/h5-6,9-13,25,34H,7-8H2,1-4H3. The minimum absolute atomic E-state index is 0.0188. The van der Waals surface area contributed by atoms with E-state index in [0.29, 0.717) is 38.6 Å². The van der Waals surface area contributed by atoms with Crippen LogP contribution in [0.2, 0.25) is 5.02 Å². The third-order valence-corrected chi connectivity index (χ3v) is 7.93. The van der Waals surface area contributed by atoms with Crippen molar-refractivity contribution in [2.45, 2.75) is 19.4 Å². The first-order valence-electron chi connectivity index (χ1n) is 12.0. The van der Waals surface area contributed by atoms with E-state index in [1.807, 2.05) is 12.1 Å². The number of carbonyl (C=O) groups is 1. The van der Waals surface area contributed by atoms with Crippen molar-refractivity contribution in [3.8, 4) is 23.0 Å². The molecule has 0 radical (unpaired) electrons. The van der Waals surface area contributed by atoms with Gasteiger partial charge in [0.15, 0.2) is 28.4 Å². The van der Waals surface area contributed by atoms with E-state index in [0.717, 1.165) is 11.1 Å². The Morgan fingerprint density at radius 3 is 2.41 bits per heavy atom. The van der Waals surface area contributed by atoms with Gasteiger partial charge in [-0.25, -0.2) is 0 Å². The third-order valence-electron chi connectivity index (χ3n) is 6.92. The number of aryl methyl sites for hydroxylation is 1. The molecule has 0 saturated heterocycles. The van der Waals surface area contributed by atoms with Crippen molar-refractivity contribution < 1.29 is 28.5 Å². The lowest BCUT2D eigenvalue weighted by Crippen LogP contribution is -2.31. The van der Waals surface area contributed by atoms with Crippen molar-refractivity contribution in [1.82, 2.24) is 4.90 Å². The average molecular weight is 615 g/mol. The average Bonchev–Trinajstić information content (AvgIpc) is 3.21. The Bertz CT molecular complexity index is 1680. The van der Waals surface area contributed by atoms with Gasteiger partial charge in [0.05, 0.1) is 42.8 Å². The number of hydrogen-bond acceptors (Lipinski definition) is 7. The van der Waals surface area contributed by atoms with E-state index in [9.17, 15) is 14.7 Å². The summed E-state index contributed by atoms with van der Waals surface area (Å²) in [5, 5.41) is 11.1. The Kier molecular flexibility index (Phi) is 7.22. The summed E-state index contributed by atoms with van der Waals surface area (Å²) in [5.74, 6) is 0.852. The monoisotopic (exact) mass is 613 g/mol. The van der Waals surface area contributed by atoms with Crippen LogP contribution in [0.5, 0.6) is 23.0 Å². The van der Waals surface area contributed by atoms with E-state index in [1.165, 1.54) is 7.11 Å². The number of nitrogens with zero attached hydrogens (tertiary/aromatic N) is 1. The summed E-state index contributed by atoms with van der Waals surface area (Å²) in [6, 6.07) is 11.3. The molecular formula is C29H25BrClNO7. The molecule has 4 aromatic rings. The van der Waals surface area contributed by atoms with E-state index in [2.05, 4.69) is 15.9 Å². The second-order valence-electron chi connectivity index (χ2n) is 9.17. The summed E-state index contributed by atoms with van der Waals surface area (Å²) < 4.78 is 22.5. The molecule has 10 heteroatoms. The van der Waals surface area contributed by atoms with Gasteiger partial charge in [-0.1, -0.05) is 17.7 Å². The Morgan fingerprint density at radius 1 is 1.00 bits per heavy atom. The van der Waals surface area contributed by atoms with Crippen LogP contribution in [0.25, 0.3) is 11.0 Å². The maximum absolute atomic E-state index is 13.9. The van der Waals surface area contributed by atoms with Crippen molar-refractivity contribution in [2.75, 3.05) is 27.9 Å². The highest BCUT2D eigenvalue weighted by atomic mass is 79.9. The summed E-state index contributed by atoms with van der Waals surface area (Å²) in [5.41, 5.74) is 2.36. The molecule has 0 saturated carbocycles. The molecule has 2 heterocycles. The first-order valence-corrected chi connectivity index (χ1v) is 13.2. The molecular weight excluding hydrogens is 590 g/mol. The molecule has 1 N–H and O–H groups in total. The number of hydrogen-bond donors (Lipinski definition) is 1. The molecule has 202 valence electrons. The number of methoxy groups -OCH3 is 3. The highest BCUT2D eigenvalue weighted by Gasteiger charge is 2.43. The van der Waals surface area contributed by atoms with E-state index < -0.39 is 11.9 Å². The van der Waals surface area contributed by atoms with Gasteiger partial charge in [0.1, 0.15) is 5.58 Å². The zero-order chi connectivity index (χ0) is 28.0. The number of benzene rings is 3. The number of halogens is 2. The summed E-state index contributed by atoms with van der Waals surface area (Å²) in [4.78, 5) is 29.3. The summed E-state index contributed by atoms with van der Waals surface area (Å²) >= 11 is 9.70. The van der Waals surface area contributed by atoms with Crippen LogP contribution in [0.4, 0.5) is 0 Å². The maximum atomic E-state index is 13.9. The van der Waals surface area contributed by atoms with Crippen LogP contribution in [-0.4, -0.2) is 43.8 Å². The lowest BCUT2D eigenvalue weighted by molar-refractivity contribution is 0.0730. The van der Waals surface area contributed by atoms with Crippen molar-refractivity contribution in [3.05, 3.63) is 90.2 Å². The van der Waals surface area contributed by atoms with Crippen LogP contribution >= 0.6 is 27.5 Å². The van der Waals surface area contributed by atoms with E-state index in [4.69, 9.17) is 30.2 Å². The number of rotatable bonds is 7. The van der Waals surface area contributed by atoms with Gasteiger partial charge in [-0.2, -0.15) is 0 Å². The highest BCUT2D eigenvalue weighted by molar-refractivity contribution is 9.10. The quantitative estimate of drug-likeness (QED) is 0.271. The van der Waals surface area contributed by atoms with E-state index >= 15 is 0 Å². The molecule has 0 fully saturated rings. The van der Waals surface area contributed by atoms with Crippen molar-refractivity contribution in [3.63, 3.8) is 0 Å². The summed E-state index contributed by atoms with van der Waals surface area (Å²) in [6.45, 7) is 2.06. The fourth-order valence-corrected chi connectivity index (χ4v) is 5.53. The molecule has 0 spiro atoms. The van der Waals surface area contributed by atoms with Gasteiger partial charge >= 0.3 is 0 Å². The van der Waals surface area contributed by atoms with Crippen LogP contribution in [0.1, 0.15) is 38.9 Å².